The number of nitrogens with one attached hydrogen (secondary N) is 2. The molecule has 4 rings (SSSR count). The molecule has 2 aromatic heterocycles. The number of methoxy groups -OCH3 is 1. The van der Waals surface area contributed by atoms with Gasteiger partial charge in [-0.15, -0.1) is 16.4 Å². The van der Waals surface area contributed by atoms with Crippen molar-refractivity contribution >= 4 is 33.9 Å². The fourth-order valence-electron chi connectivity index (χ4n) is 2.52. The zero-order chi connectivity index (χ0) is 19.3. The van der Waals surface area contributed by atoms with Gasteiger partial charge in [0.1, 0.15) is 5.75 Å². The average Bonchev–Trinajstić information content (AvgIpc) is 3.37. The lowest BCUT2D eigenvalue weighted by Gasteiger charge is -2.03. The van der Waals surface area contributed by atoms with Crippen molar-refractivity contribution in [3.63, 3.8) is 0 Å². The summed E-state index contributed by atoms with van der Waals surface area (Å²) in [5, 5.41) is 14.2. The number of ether oxygens (including phenoxy) is 1. The fraction of sp³-hybridized carbons (Fsp3) is 0.150. The highest BCUT2D eigenvalue weighted by Gasteiger charge is 2.08. The van der Waals surface area contributed by atoms with Gasteiger partial charge in [0.2, 0.25) is 5.16 Å². The van der Waals surface area contributed by atoms with E-state index in [-0.39, 0.29) is 0 Å². The summed E-state index contributed by atoms with van der Waals surface area (Å²) in [6.07, 6.45) is 0. The Morgan fingerprint density at radius 3 is 2.61 bits per heavy atom. The summed E-state index contributed by atoms with van der Waals surface area (Å²) < 4.78 is 5.17. The maximum absolute atomic E-state index is 5.17. The molecule has 8 heteroatoms. The molecule has 142 valence electrons. The number of hydrogen-bond acceptors (Lipinski definition) is 7. The van der Waals surface area contributed by atoms with Crippen LogP contribution in [0.1, 0.15) is 11.3 Å². The van der Waals surface area contributed by atoms with E-state index in [0.717, 1.165) is 33.7 Å². The summed E-state index contributed by atoms with van der Waals surface area (Å²) in [4.78, 5) is 9.19. The third kappa shape index (κ3) is 4.52. The molecule has 0 saturated carbocycles. The standard InChI is InChI=1S/C20H19N5OS2/c1-13-3-5-14(6-4-13)18-23-20(25-24-18)28-12-16-11-27-19(22-16)21-15-7-9-17(26-2)10-8-15/h3-11H,12H2,1-2H3,(H,21,22)(H,23,24,25). The van der Waals surface area contributed by atoms with E-state index in [4.69, 9.17) is 4.74 Å². The molecule has 0 atom stereocenters. The first-order valence-corrected chi connectivity index (χ1v) is 10.5. The Morgan fingerprint density at radius 2 is 1.86 bits per heavy atom. The molecule has 0 spiro atoms. The van der Waals surface area contributed by atoms with Crippen LogP contribution in [0.5, 0.6) is 5.75 Å². The van der Waals surface area contributed by atoms with Crippen LogP contribution in [0.3, 0.4) is 0 Å². The minimum Gasteiger partial charge on any atom is -0.497 e. The molecule has 0 aliphatic heterocycles. The molecule has 6 nitrogen and oxygen atoms in total. The maximum Gasteiger partial charge on any atom is 0.209 e. The first-order valence-electron chi connectivity index (χ1n) is 8.67. The number of nitrogens with zero attached hydrogens (tertiary/aromatic N) is 3. The van der Waals surface area contributed by atoms with Crippen molar-refractivity contribution in [2.45, 2.75) is 17.8 Å². The molecular weight excluding hydrogens is 390 g/mol. The van der Waals surface area contributed by atoms with Gasteiger partial charge in [0, 0.05) is 22.4 Å². The van der Waals surface area contributed by atoms with Crippen molar-refractivity contribution < 1.29 is 4.74 Å². The minimum absolute atomic E-state index is 0.714. The van der Waals surface area contributed by atoms with Gasteiger partial charge in [0.05, 0.1) is 12.8 Å². The van der Waals surface area contributed by atoms with Gasteiger partial charge < -0.3 is 10.1 Å². The lowest BCUT2D eigenvalue weighted by molar-refractivity contribution is 0.415. The van der Waals surface area contributed by atoms with Crippen molar-refractivity contribution in [1.29, 1.82) is 0 Å². The van der Waals surface area contributed by atoms with Gasteiger partial charge in [-0.1, -0.05) is 41.6 Å². The smallest absolute Gasteiger partial charge is 0.209 e. The van der Waals surface area contributed by atoms with Gasteiger partial charge in [-0.3, -0.25) is 5.10 Å². The van der Waals surface area contributed by atoms with Crippen LogP contribution < -0.4 is 10.1 Å². The molecule has 0 amide bonds. The van der Waals surface area contributed by atoms with Gasteiger partial charge in [0.25, 0.3) is 0 Å². The lowest BCUT2D eigenvalue weighted by Crippen LogP contribution is -1.91. The molecule has 0 radical (unpaired) electrons. The number of aromatic nitrogens is 4. The molecule has 0 aliphatic carbocycles. The molecular formula is C20H19N5OS2. The predicted molar refractivity (Wildman–Crippen MR) is 115 cm³/mol. The Labute approximate surface area is 171 Å². The number of aryl methyl sites for hydroxylation is 1. The van der Waals surface area contributed by atoms with Crippen LogP contribution in [-0.4, -0.2) is 27.3 Å². The third-order valence-corrected chi connectivity index (χ3v) is 5.72. The van der Waals surface area contributed by atoms with Crippen LogP contribution in [0.15, 0.2) is 59.1 Å². The number of anilines is 2. The van der Waals surface area contributed by atoms with E-state index in [0.29, 0.717) is 10.9 Å². The highest BCUT2D eigenvalue weighted by molar-refractivity contribution is 7.98. The number of H-pyrrole nitrogens is 1. The second kappa shape index (κ2) is 8.45. The molecule has 28 heavy (non-hydrogen) atoms. The monoisotopic (exact) mass is 409 g/mol. The molecule has 0 aliphatic rings. The second-order valence-electron chi connectivity index (χ2n) is 6.12. The van der Waals surface area contributed by atoms with Gasteiger partial charge in [0.15, 0.2) is 11.0 Å². The second-order valence-corrected chi connectivity index (χ2v) is 7.92. The summed E-state index contributed by atoms with van der Waals surface area (Å²) in [6, 6.07) is 16.0. The van der Waals surface area contributed by atoms with Crippen molar-refractivity contribution in [1.82, 2.24) is 20.2 Å². The van der Waals surface area contributed by atoms with Gasteiger partial charge >= 0.3 is 0 Å². The number of rotatable bonds is 7. The van der Waals surface area contributed by atoms with Crippen LogP contribution in [0.4, 0.5) is 10.8 Å². The number of thioether (sulfide) groups is 1. The topological polar surface area (TPSA) is 75.7 Å². The summed E-state index contributed by atoms with van der Waals surface area (Å²) in [6.45, 7) is 2.07. The predicted octanol–water partition coefficient (Wildman–Crippen LogP) is 5.28. The molecule has 0 saturated heterocycles. The highest BCUT2D eigenvalue weighted by Crippen LogP contribution is 2.27. The molecule has 2 heterocycles. The van der Waals surface area contributed by atoms with Gasteiger partial charge in [-0.05, 0) is 31.2 Å². The summed E-state index contributed by atoms with van der Waals surface area (Å²) in [5.41, 5.74) is 4.23. The van der Waals surface area contributed by atoms with E-state index in [1.165, 1.54) is 5.56 Å². The minimum atomic E-state index is 0.714. The summed E-state index contributed by atoms with van der Waals surface area (Å²) >= 11 is 3.14. The zero-order valence-corrected chi connectivity index (χ0v) is 17.1. The molecule has 2 N–H and O–H groups in total. The van der Waals surface area contributed by atoms with Crippen LogP contribution in [0, 0.1) is 6.92 Å². The largest absolute Gasteiger partial charge is 0.497 e. The van der Waals surface area contributed by atoms with E-state index in [9.17, 15) is 0 Å². The zero-order valence-electron chi connectivity index (χ0n) is 15.5. The molecule has 2 aromatic carbocycles. The number of aromatic amines is 1. The Hall–Kier alpha value is -2.84. The fourth-order valence-corrected chi connectivity index (χ4v) is 4.05. The van der Waals surface area contributed by atoms with Crippen molar-refractivity contribution in [3.8, 4) is 17.1 Å². The number of hydrogen-bond donors (Lipinski definition) is 2. The Kier molecular flexibility index (Phi) is 5.59. The van der Waals surface area contributed by atoms with Gasteiger partial charge in [-0.25, -0.2) is 9.97 Å². The van der Waals surface area contributed by atoms with E-state index in [1.54, 1.807) is 30.2 Å². The third-order valence-electron chi connectivity index (χ3n) is 4.03. The first-order chi connectivity index (χ1) is 13.7. The van der Waals surface area contributed by atoms with Crippen molar-refractivity contribution in [3.05, 3.63) is 65.2 Å². The summed E-state index contributed by atoms with van der Waals surface area (Å²) in [7, 11) is 1.66. The lowest BCUT2D eigenvalue weighted by atomic mass is 10.1. The van der Waals surface area contributed by atoms with E-state index in [1.807, 2.05) is 41.8 Å². The van der Waals surface area contributed by atoms with Crippen LogP contribution in [0.2, 0.25) is 0 Å². The Balaban J connectivity index is 1.35. The molecule has 4 aromatic rings. The SMILES string of the molecule is COc1ccc(Nc2nc(CSc3n[nH]c(-c4ccc(C)cc4)n3)cs2)cc1. The molecule has 0 unspecified atom stereocenters. The van der Waals surface area contributed by atoms with Gasteiger partial charge in [-0.2, -0.15) is 0 Å². The Bertz CT molecular complexity index is 1040. The Morgan fingerprint density at radius 1 is 1.07 bits per heavy atom. The quantitative estimate of drug-likeness (QED) is 0.404. The normalized spacial score (nSPS) is 10.8. The van der Waals surface area contributed by atoms with E-state index in [2.05, 4.69) is 44.5 Å². The van der Waals surface area contributed by atoms with E-state index < -0.39 is 0 Å². The van der Waals surface area contributed by atoms with Crippen LogP contribution in [-0.2, 0) is 5.75 Å². The maximum atomic E-state index is 5.17. The summed E-state index contributed by atoms with van der Waals surface area (Å²) in [5.74, 6) is 2.33. The van der Waals surface area contributed by atoms with Crippen LogP contribution >= 0.6 is 23.1 Å². The number of thiazole rings is 1. The number of benzene rings is 2. The van der Waals surface area contributed by atoms with E-state index >= 15 is 0 Å². The first kappa shape index (κ1) is 18.5. The highest BCUT2D eigenvalue weighted by atomic mass is 32.2. The average molecular weight is 410 g/mol. The van der Waals surface area contributed by atoms with Crippen molar-refractivity contribution in [2.24, 2.45) is 0 Å². The van der Waals surface area contributed by atoms with Crippen LogP contribution in [0.25, 0.3) is 11.4 Å². The molecule has 0 fully saturated rings. The van der Waals surface area contributed by atoms with Crippen molar-refractivity contribution in [2.75, 3.05) is 12.4 Å². The molecule has 0 bridgehead atoms.